The maximum absolute atomic E-state index is 12.5. The number of ether oxygens (including phenoxy) is 1. The van der Waals surface area contributed by atoms with Crippen molar-refractivity contribution in [2.75, 3.05) is 7.11 Å². The van der Waals surface area contributed by atoms with E-state index in [1.54, 1.807) is 18.2 Å². The summed E-state index contributed by atoms with van der Waals surface area (Å²) >= 11 is 5.76. The summed E-state index contributed by atoms with van der Waals surface area (Å²) in [6.45, 7) is 0. The van der Waals surface area contributed by atoms with Crippen molar-refractivity contribution in [3.63, 3.8) is 0 Å². The molecule has 0 saturated heterocycles. The molecule has 0 bridgehead atoms. The van der Waals surface area contributed by atoms with Crippen molar-refractivity contribution >= 4 is 38.5 Å². The normalized spacial score (nSPS) is 11.9. The predicted molar refractivity (Wildman–Crippen MR) is 96.7 cm³/mol. The maximum atomic E-state index is 12.5. The molecule has 128 valence electrons. The van der Waals surface area contributed by atoms with Gasteiger partial charge in [0.15, 0.2) is 15.3 Å². The molecule has 0 unspecified atom stereocenters. The molecule has 3 rings (SSSR count). The summed E-state index contributed by atoms with van der Waals surface area (Å²) in [6.07, 6.45) is 2.44. The van der Waals surface area contributed by atoms with Gasteiger partial charge in [-0.05, 0) is 48.5 Å². The zero-order chi connectivity index (χ0) is 18.0. The summed E-state index contributed by atoms with van der Waals surface area (Å²) in [5.74, 6) is 0.509. The van der Waals surface area contributed by atoms with Crippen molar-refractivity contribution < 1.29 is 17.6 Å². The third kappa shape index (κ3) is 3.60. The van der Waals surface area contributed by atoms with E-state index in [0.29, 0.717) is 21.7 Å². The second kappa shape index (κ2) is 6.74. The highest BCUT2D eigenvalue weighted by molar-refractivity contribution is 7.94. The van der Waals surface area contributed by atoms with Crippen molar-refractivity contribution in [2.45, 2.75) is 4.90 Å². The lowest BCUT2D eigenvalue weighted by Crippen LogP contribution is -2.05. The minimum absolute atomic E-state index is 0.0833. The van der Waals surface area contributed by atoms with E-state index in [2.05, 4.69) is 0 Å². The number of sulfone groups is 1. The smallest absolute Gasteiger partial charge is 0.200 e. The fourth-order valence-corrected chi connectivity index (χ4v) is 3.36. The lowest BCUT2D eigenvalue weighted by molar-refractivity contribution is 0.415. The average Bonchev–Trinajstić information content (AvgIpc) is 2.61. The second-order valence-corrected chi connectivity index (χ2v) is 7.45. The molecular weight excluding hydrogens is 364 g/mol. The fraction of sp³-hybridized carbons (Fsp3) is 0.0556. The van der Waals surface area contributed by atoms with E-state index in [4.69, 9.17) is 20.8 Å². The van der Waals surface area contributed by atoms with Gasteiger partial charge in [-0.3, -0.25) is 4.79 Å². The van der Waals surface area contributed by atoms with Crippen LogP contribution >= 0.6 is 11.6 Å². The highest BCUT2D eigenvalue weighted by atomic mass is 35.5. The fourth-order valence-electron chi connectivity index (χ4n) is 2.23. The van der Waals surface area contributed by atoms with E-state index in [1.165, 1.54) is 43.7 Å². The molecule has 0 amide bonds. The van der Waals surface area contributed by atoms with Crippen LogP contribution < -0.4 is 10.2 Å². The number of methoxy groups -OCH3 is 1. The molecule has 25 heavy (non-hydrogen) atoms. The standard InChI is InChI=1S/C18H13ClO5S/c1-23-14-4-7-17-16(10-14)18(20)12(11-24-17)8-9-25(21,22)15-5-2-13(19)3-6-15/h2-11H,1H3/b9-8+. The van der Waals surface area contributed by atoms with Crippen molar-refractivity contribution in [1.29, 1.82) is 0 Å². The number of hydrogen-bond acceptors (Lipinski definition) is 5. The van der Waals surface area contributed by atoms with Gasteiger partial charge in [-0.15, -0.1) is 0 Å². The van der Waals surface area contributed by atoms with Crippen molar-refractivity contribution in [1.82, 2.24) is 0 Å². The lowest BCUT2D eigenvalue weighted by atomic mass is 10.1. The van der Waals surface area contributed by atoms with Gasteiger partial charge >= 0.3 is 0 Å². The Morgan fingerprint density at radius 2 is 1.84 bits per heavy atom. The summed E-state index contributed by atoms with van der Waals surface area (Å²) in [4.78, 5) is 12.6. The second-order valence-electron chi connectivity index (χ2n) is 5.18. The topological polar surface area (TPSA) is 73.6 Å². The number of fused-ring (bicyclic) bond motifs is 1. The molecule has 0 saturated carbocycles. The Morgan fingerprint density at radius 3 is 2.52 bits per heavy atom. The Bertz CT molecular complexity index is 1110. The molecule has 0 spiro atoms. The quantitative estimate of drug-likeness (QED) is 0.690. The van der Waals surface area contributed by atoms with Crippen LogP contribution in [0.15, 0.2) is 68.2 Å². The predicted octanol–water partition coefficient (Wildman–Crippen LogP) is 3.90. The van der Waals surface area contributed by atoms with Crippen LogP contribution in [0.4, 0.5) is 0 Å². The van der Waals surface area contributed by atoms with Gasteiger partial charge in [-0.1, -0.05) is 11.6 Å². The van der Waals surface area contributed by atoms with Gasteiger partial charge in [0.1, 0.15) is 17.6 Å². The summed E-state index contributed by atoms with van der Waals surface area (Å²) in [7, 11) is -2.21. The first-order valence-electron chi connectivity index (χ1n) is 7.19. The molecular formula is C18H13ClO5S. The summed E-state index contributed by atoms with van der Waals surface area (Å²) in [5.41, 5.74) is 0.171. The number of hydrogen-bond donors (Lipinski definition) is 0. The van der Waals surface area contributed by atoms with E-state index in [9.17, 15) is 13.2 Å². The molecule has 0 aliphatic heterocycles. The Kier molecular flexibility index (Phi) is 4.65. The van der Waals surface area contributed by atoms with Crippen LogP contribution in [0.2, 0.25) is 5.02 Å². The monoisotopic (exact) mass is 376 g/mol. The molecule has 0 atom stereocenters. The van der Waals surface area contributed by atoms with Gasteiger partial charge < -0.3 is 9.15 Å². The Balaban J connectivity index is 2.02. The molecule has 1 heterocycles. The number of halogens is 1. The summed E-state index contributed by atoms with van der Waals surface area (Å²) < 4.78 is 35.1. The molecule has 2 aromatic carbocycles. The van der Waals surface area contributed by atoms with Crippen LogP contribution in [0, 0.1) is 0 Å². The van der Waals surface area contributed by atoms with Crippen molar-refractivity contribution in [3.05, 3.63) is 74.9 Å². The summed E-state index contributed by atoms with van der Waals surface area (Å²) in [5, 5.41) is 1.71. The minimum Gasteiger partial charge on any atom is -0.497 e. The first-order valence-corrected chi connectivity index (χ1v) is 9.11. The van der Waals surface area contributed by atoms with Crippen LogP contribution in [-0.2, 0) is 9.84 Å². The highest BCUT2D eigenvalue weighted by Crippen LogP contribution is 2.20. The van der Waals surface area contributed by atoms with Crippen LogP contribution in [0.3, 0.4) is 0 Å². The first-order chi connectivity index (χ1) is 11.9. The number of rotatable bonds is 4. The van der Waals surface area contributed by atoms with E-state index in [1.807, 2.05) is 0 Å². The first kappa shape index (κ1) is 17.3. The average molecular weight is 377 g/mol. The summed E-state index contributed by atoms with van der Waals surface area (Å²) in [6, 6.07) is 10.6. The Labute approximate surface area is 149 Å². The van der Waals surface area contributed by atoms with Gasteiger partial charge in [-0.25, -0.2) is 8.42 Å². The molecule has 0 aliphatic rings. The van der Waals surface area contributed by atoms with Gasteiger partial charge in [0.2, 0.25) is 0 Å². The molecule has 0 N–H and O–H groups in total. The maximum Gasteiger partial charge on any atom is 0.200 e. The van der Waals surface area contributed by atoms with Gasteiger partial charge in [0, 0.05) is 10.4 Å². The third-order valence-corrected chi connectivity index (χ3v) is 5.25. The molecule has 1 aromatic heterocycles. The van der Waals surface area contributed by atoms with E-state index in [0.717, 1.165) is 5.41 Å². The van der Waals surface area contributed by atoms with Crippen molar-refractivity contribution in [2.24, 2.45) is 0 Å². The van der Waals surface area contributed by atoms with Gasteiger partial charge in [0.25, 0.3) is 0 Å². The van der Waals surface area contributed by atoms with Crippen molar-refractivity contribution in [3.8, 4) is 5.75 Å². The highest BCUT2D eigenvalue weighted by Gasteiger charge is 2.11. The van der Waals surface area contributed by atoms with E-state index >= 15 is 0 Å². The van der Waals surface area contributed by atoms with Crippen LogP contribution in [0.1, 0.15) is 5.56 Å². The molecule has 0 fully saturated rings. The van der Waals surface area contributed by atoms with Crippen LogP contribution in [-0.4, -0.2) is 15.5 Å². The van der Waals surface area contributed by atoms with Gasteiger partial charge in [-0.2, -0.15) is 0 Å². The minimum atomic E-state index is -3.70. The molecule has 5 nitrogen and oxygen atoms in total. The Morgan fingerprint density at radius 1 is 1.12 bits per heavy atom. The largest absolute Gasteiger partial charge is 0.497 e. The number of benzene rings is 2. The third-order valence-electron chi connectivity index (χ3n) is 3.58. The van der Waals surface area contributed by atoms with Crippen LogP contribution in [0.5, 0.6) is 5.75 Å². The molecule has 0 aliphatic carbocycles. The molecule has 3 aromatic rings. The zero-order valence-electron chi connectivity index (χ0n) is 13.1. The zero-order valence-corrected chi connectivity index (χ0v) is 14.7. The van der Waals surface area contributed by atoms with E-state index in [-0.39, 0.29) is 15.9 Å². The Hall–Kier alpha value is -2.57. The molecule has 0 radical (unpaired) electrons. The lowest BCUT2D eigenvalue weighted by Gasteiger charge is -2.02. The SMILES string of the molecule is COc1ccc2occ(/C=C/S(=O)(=O)c3ccc(Cl)cc3)c(=O)c2c1. The van der Waals surface area contributed by atoms with Crippen LogP contribution in [0.25, 0.3) is 17.0 Å². The van der Waals surface area contributed by atoms with E-state index < -0.39 is 9.84 Å². The van der Waals surface area contributed by atoms with Gasteiger partial charge in [0.05, 0.1) is 23.0 Å². The molecule has 7 heteroatoms.